The second-order valence-corrected chi connectivity index (χ2v) is 5.30. The summed E-state index contributed by atoms with van der Waals surface area (Å²) < 4.78 is 15.0. The van der Waals surface area contributed by atoms with Gasteiger partial charge >= 0.3 is 5.97 Å². The number of hydrogen-bond donors (Lipinski definition) is 1. The Balaban J connectivity index is 2.02. The minimum Gasteiger partial charge on any atom is -0.497 e. The largest absolute Gasteiger partial charge is 0.497 e. The van der Waals surface area contributed by atoms with Crippen molar-refractivity contribution in [2.24, 2.45) is 0 Å². The number of aryl methyl sites for hydroxylation is 1. The maximum atomic E-state index is 12.2. The monoisotopic (exact) mass is 343 g/mol. The van der Waals surface area contributed by atoms with Crippen molar-refractivity contribution in [3.05, 3.63) is 53.6 Å². The molecule has 2 aromatic rings. The van der Waals surface area contributed by atoms with E-state index in [1.807, 2.05) is 24.3 Å². The summed E-state index contributed by atoms with van der Waals surface area (Å²) in [5.41, 5.74) is 1.81. The fourth-order valence-electron chi connectivity index (χ4n) is 2.31. The minimum absolute atomic E-state index is 0.170. The maximum absolute atomic E-state index is 12.2. The van der Waals surface area contributed by atoms with Gasteiger partial charge in [0.25, 0.3) is 0 Å². The molecule has 0 aliphatic rings. The highest BCUT2D eigenvalue weighted by Crippen LogP contribution is 2.26. The third-order valence-corrected chi connectivity index (χ3v) is 3.69. The van der Waals surface area contributed by atoms with E-state index >= 15 is 0 Å². The minimum atomic E-state index is -0.476. The van der Waals surface area contributed by atoms with Gasteiger partial charge in [0.1, 0.15) is 11.5 Å². The van der Waals surface area contributed by atoms with Crippen molar-refractivity contribution in [1.82, 2.24) is 0 Å². The number of esters is 1. The van der Waals surface area contributed by atoms with Crippen molar-refractivity contribution >= 4 is 17.6 Å². The zero-order valence-electron chi connectivity index (χ0n) is 14.5. The second-order valence-electron chi connectivity index (χ2n) is 5.30. The molecule has 2 aromatic carbocycles. The van der Waals surface area contributed by atoms with Crippen molar-refractivity contribution < 1.29 is 23.8 Å². The molecule has 1 amide bonds. The number of benzene rings is 2. The van der Waals surface area contributed by atoms with Gasteiger partial charge in [-0.15, -0.1) is 0 Å². The quantitative estimate of drug-likeness (QED) is 0.782. The molecule has 0 aromatic heterocycles. The molecule has 132 valence electrons. The van der Waals surface area contributed by atoms with Crippen LogP contribution < -0.4 is 14.8 Å². The molecule has 0 spiro atoms. The van der Waals surface area contributed by atoms with Crippen molar-refractivity contribution in [3.63, 3.8) is 0 Å². The normalized spacial score (nSPS) is 10.0. The molecule has 0 bridgehead atoms. The van der Waals surface area contributed by atoms with Gasteiger partial charge in [0, 0.05) is 6.42 Å². The van der Waals surface area contributed by atoms with E-state index in [4.69, 9.17) is 14.2 Å². The molecule has 1 N–H and O–H groups in total. The van der Waals surface area contributed by atoms with Crippen LogP contribution in [0.5, 0.6) is 11.5 Å². The highest BCUT2D eigenvalue weighted by molar-refractivity contribution is 5.96. The lowest BCUT2D eigenvalue weighted by Crippen LogP contribution is -2.14. The molecular formula is C19H21NO5. The van der Waals surface area contributed by atoms with Crippen LogP contribution in [0.25, 0.3) is 0 Å². The highest BCUT2D eigenvalue weighted by Gasteiger charge is 2.12. The number of anilines is 1. The summed E-state index contributed by atoms with van der Waals surface area (Å²) in [4.78, 5) is 23.8. The molecule has 0 aliphatic carbocycles. The van der Waals surface area contributed by atoms with E-state index in [2.05, 4.69) is 5.32 Å². The van der Waals surface area contributed by atoms with Crippen LogP contribution in [0.1, 0.15) is 22.3 Å². The van der Waals surface area contributed by atoms with Gasteiger partial charge in [-0.25, -0.2) is 4.79 Å². The van der Waals surface area contributed by atoms with Crippen molar-refractivity contribution in [1.29, 1.82) is 0 Å². The summed E-state index contributed by atoms with van der Waals surface area (Å²) in [6.45, 7) is 0. The van der Waals surface area contributed by atoms with Crippen LogP contribution in [-0.4, -0.2) is 33.2 Å². The predicted octanol–water partition coefficient (Wildman–Crippen LogP) is 3.06. The number of rotatable bonds is 7. The lowest BCUT2D eigenvalue weighted by atomic mass is 10.1. The smallest absolute Gasteiger partial charge is 0.337 e. The first-order valence-corrected chi connectivity index (χ1v) is 7.76. The van der Waals surface area contributed by atoms with Gasteiger partial charge in [0.2, 0.25) is 5.91 Å². The van der Waals surface area contributed by atoms with E-state index in [1.165, 1.54) is 20.3 Å². The number of methoxy groups -OCH3 is 3. The highest BCUT2D eigenvalue weighted by atomic mass is 16.5. The number of amides is 1. The molecular weight excluding hydrogens is 322 g/mol. The zero-order chi connectivity index (χ0) is 18.2. The molecule has 0 saturated heterocycles. The second kappa shape index (κ2) is 8.73. The Morgan fingerprint density at radius 1 is 0.960 bits per heavy atom. The summed E-state index contributed by atoms with van der Waals surface area (Å²) in [7, 11) is 4.41. The first-order chi connectivity index (χ1) is 12.1. The first kappa shape index (κ1) is 18.3. The van der Waals surface area contributed by atoms with Gasteiger partial charge in [0.05, 0.1) is 32.6 Å². The number of carbonyl (C=O) groups excluding carboxylic acids is 2. The van der Waals surface area contributed by atoms with Crippen LogP contribution in [0, 0.1) is 0 Å². The predicted molar refractivity (Wildman–Crippen MR) is 94.3 cm³/mol. The molecule has 0 atom stereocenters. The van der Waals surface area contributed by atoms with E-state index in [-0.39, 0.29) is 5.91 Å². The van der Waals surface area contributed by atoms with Crippen molar-refractivity contribution in [2.75, 3.05) is 26.6 Å². The molecule has 2 rings (SSSR count). The van der Waals surface area contributed by atoms with Gasteiger partial charge in [-0.1, -0.05) is 12.1 Å². The third kappa shape index (κ3) is 4.97. The maximum Gasteiger partial charge on any atom is 0.337 e. The molecule has 0 radical (unpaired) electrons. The van der Waals surface area contributed by atoms with Crippen LogP contribution in [0.4, 0.5) is 5.69 Å². The Bertz CT molecular complexity index is 740. The molecule has 0 unspecified atom stereocenters. The summed E-state index contributed by atoms with van der Waals surface area (Å²) in [5.74, 6) is 0.607. The topological polar surface area (TPSA) is 73.9 Å². The van der Waals surface area contributed by atoms with Gasteiger partial charge in [-0.05, 0) is 42.3 Å². The van der Waals surface area contributed by atoms with Gasteiger partial charge < -0.3 is 19.5 Å². The number of ether oxygens (including phenoxy) is 3. The zero-order valence-corrected chi connectivity index (χ0v) is 14.5. The fraction of sp³-hybridized carbons (Fsp3) is 0.263. The number of nitrogens with one attached hydrogen (secondary N) is 1. The summed E-state index contributed by atoms with van der Waals surface area (Å²) in [5, 5.41) is 2.78. The Morgan fingerprint density at radius 3 is 2.28 bits per heavy atom. The average molecular weight is 343 g/mol. The average Bonchev–Trinajstić information content (AvgIpc) is 2.66. The van der Waals surface area contributed by atoms with Gasteiger partial charge in [0.15, 0.2) is 0 Å². The lowest BCUT2D eigenvalue weighted by Gasteiger charge is -2.11. The van der Waals surface area contributed by atoms with Crippen LogP contribution in [0.3, 0.4) is 0 Å². The molecule has 0 fully saturated rings. The van der Waals surface area contributed by atoms with E-state index in [1.54, 1.807) is 19.2 Å². The van der Waals surface area contributed by atoms with E-state index in [0.29, 0.717) is 29.8 Å². The number of carbonyl (C=O) groups is 2. The Hall–Kier alpha value is -3.02. The van der Waals surface area contributed by atoms with Crippen LogP contribution in [-0.2, 0) is 16.0 Å². The van der Waals surface area contributed by atoms with E-state index in [9.17, 15) is 9.59 Å². The van der Waals surface area contributed by atoms with E-state index in [0.717, 1.165) is 11.3 Å². The fourth-order valence-corrected chi connectivity index (χ4v) is 2.31. The Morgan fingerprint density at radius 2 is 1.68 bits per heavy atom. The van der Waals surface area contributed by atoms with Crippen LogP contribution in [0.15, 0.2) is 42.5 Å². The number of hydrogen-bond acceptors (Lipinski definition) is 5. The standard InChI is InChI=1S/C19H21NO5/c1-23-15-8-4-13(5-9-15)6-11-18(21)20-16-12-14(19(22)25-3)7-10-17(16)24-2/h4-5,7-10,12H,6,11H2,1-3H3,(H,20,21). The first-order valence-electron chi connectivity index (χ1n) is 7.76. The van der Waals surface area contributed by atoms with Gasteiger partial charge in [-0.3, -0.25) is 4.79 Å². The third-order valence-electron chi connectivity index (χ3n) is 3.69. The van der Waals surface area contributed by atoms with Gasteiger partial charge in [-0.2, -0.15) is 0 Å². The van der Waals surface area contributed by atoms with Crippen molar-refractivity contribution in [3.8, 4) is 11.5 Å². The molecule has 6 nitrogen and oxygen atoms in total. The van der Waals surface area contributed by atoms with E-state index < -0.39 is 5.97 Å². The molecule has 6 heteroatoms. The SMILES string of the molecule is COC(=O)c1ccc(OC)c(NC(=O)CCc2ccc(OC)cc2)c1. The summed E-state index contributed by atoms with van der Waals surface area (Å²) in [6, 6.07) is 12.3. The molecule has 0 saturated carbocycles. The Labute approximate surface area is 146 Å². The van der Waals surface area contributed by atoms with Crippen LogP contribution in [0.2, 0.25) is 0 Å². The Kier molecular flexibility index (Phi) is 6.39. The molecule has 25 heavy (non-hydrogen) atoms. The lowest BCUT2D eigenvalue weighted by molar-refractivity contribution is -0.116. The summed E-state index contributed by atoms with van der Waals surface area (Å²) in [6.07, 6.45) is 0.896. The van der Waals surface area contributed by atoms with Crippen molar-refractivity contribution in [2.45, 2.75) is 12.8 Å². The van der Waals surface area contributed by atoms with Crippen LogP contribution >= 0.6 is 0 Å². The summed E-state index contributed by atoms with van der Waals surface area (Å²) >= 11 is 0. The molecule has 0 heterocycles. The molecule has 0 aliphatic heterocycles.